The lowest BCUT2D eigenvalue weighted by Crippen LogP contribution is -2.12. The number of para-hydroxylation sites is 2. The Morgan fingerprint density at radius 3 is 1.13 bits per heavy atom. The Balaban J connectivity index is 1.12. The maximum absolute atomic E-state index is 2.37. The highest BCUT2D eigenvalue weighted by Crippen LogP contribution is 2.40. The van der Waals surface area contributed by atoms with Crippen LogP contribution in [0.2, 0.25) is 0 Å². The van der Waals surface area contributed by atoms with E-state index >= 15 is 0 Å². The first kappa shape index (κ1) is 37.9. The average Bonchev–Trinajstić information content (AvgIpc) is 3.33. The minimum absolute atomic E-state index is 0.226. The zero-order valence-corrected chi connectivity index (χ0v) is 33.5. The van der Waals surface area contributed by atoms with E-state index in [1.54, 1.807) is 0 Å². The van der Waals surface area contributed by atoms with Gasteiger partial charge in [-0.15, -0.1) is 0 Å². The number of benzene rings is 9. The molecule has 9 aromatic carbocycles. The van der Waals surface area contributed by atoms with Crippen LogP contribution in [0.5, 0.6) is 0 Å². The molecule has 60 heavy (non-hydrogen) atoms. The molecular formula is C58H46N2. The van der Waals surface area contributed by atoms with Crippen molar-refractivity contribution in [3.05, 3.63) is 288 Å². The van der Waals surface area contributed by atoms with Crippen molar-refractivity contribution in [1.29, 1.82) is 0 Å². The molecule has 9 rings (SSSR count). The molecule has 0 heterocycles. The molecule has 2 nitrogen and oxygen atoms in total. The van der Waals surface area contributed by atoms with Crippen molar-refractivity contribution in [1.82, 2.24) is 0 Å². The molecule has 0 aliphatic rings. The summed E-state index contributed by atoms with van der Waals surface area (Å²) in [6.07, 6.45) is 3.21. The second-order valence-corrected chi connectivity index (χ2v) is 15.0. The van der Waals surface area contributed by atoms with Gasteiger partial charge in [-0.3, -0.25) is 0 Å². The molecule has 0 aliphatic carbocycles. The van der Waals surface area contributed by atoms with Crippen LogP contribution in [0.4, 0.5) is 34.1 Å². The SMILES string of the molecule is C(=C(\c1ccccc1)c1ccc(N(c2ccc(C(Cc3ccccc3)c3ccccc3)cc2)c2ccc(N(c3ccccc3)c3ccccc3)cc2)cc1)/c1ccccc1. The van der Waals surface area contributed by atoms with Crippen LogP contribution in [-0.4, -0.2) is 0 Å². The van der Waals surface area contributed by atoms with Gasteiger partial charge in [0.1, 0.15) is 0 Å². The van der Waals surface area contributed by atoms with Gasteiger partial charge < -0.3 is 9.80 Å². The summed E-state index contributed by atoms with van der Waals surface area (Å²) in [5.74, 6) is 0.226. The number of hydrogen-bond acceptors (Lipinski definition) is 2. The molecule has 0 saturated carbocycles. The van der Waals surface area contributed by atoms with E-state index in [-0.39, 0.29) is 5.92 Å². The van der Waals surface area contributed by atoms with E-state index in [4.69, 9.17) is 0 Å². The Kier molecular flexibility index (Phi) is 11.5. The fourth-order valence-electron chi connectivity index (χ4n) is 8.08. The van der Waals surface area contributed by atoms with Crippen LogP contribution >= 0.6 is 0 Å². The van der Waals surface area contributed by atoms with Gasteiger partial charge in [0.05, 0.1) is 0 Å². The van der Waals surface area contributed by atoms with E-state index in [9.17, 15) is 0 Å². The van der Waals surface area contributed by atoms with E-state index in [1.165, 1.54) is 33.4 Å². The predicted octanol–water partition coefficient (Wildman–Crippen LogP) is 15.6. The Bertz CT molecular complexity index is 2680. The molecule has 1 atom stereocenters. The zero-order valence-electron chi connectivity index (χ0n) is 33.5. The maximum atomic E-state index is 2.37. The van der Waals surface area contributed by atoms with Crippen LogP contribution in [0.15, 0.2) is 255 Å². The van der Waals surface area contributed by atoms with E-state index in [0.717, 1.165) is 46.1 Å². The van der Waals surface area contributed by atoms with Gasteiger partial charge in [-0.2, -0.15) is 0 Å². The minimum Gasteiger partial charge on any atom is -0.311 e. The van der Waals surface area contributed by atoms with Crippen molar-refractivity contribution in [2.75, 3.05) is 9.80 Å². The van der Waals surface area contributed by atoms with Crippen molar-refractivity contribution in [3.8, 4) is 0 Å². The molecule has 0 fully saturated rings. The molecule has 0 aliphatic heterocycles. The van der Waals surface area contributed by atoms with Crippen LogP contribution < -0.4 is 9.80 Å². The standard InChI is InChI=1S/C58H46N2/c1-7-19-45(20-8-1)43-57(47-23-11-3-12-24-47)49-31-35-53(36-32-49)60(56-41-39-55(40-42-56)59(51-27-15-5-16-28-51)52-29-17-6-18-30-52)54-37-33-50(34-38-54)58(48-25-13-4-14-26-48)44-46-21-9-2-10-22-46/h1-43,58H,44H2/b57-43-. The fourth-order valence-corrected chi connectivity index (χ4v) is 8.08. The second-order valence-electron chi connectivity index (χ2n) is 15.0. The lowest BCUT2D eigenvalue weighted by atomic mass is 9.86. The van der Waals surface area contributed by atoms with Crippen molar-refractivity contribution in [2.45, 2.75) is 12.3 Å². The molecule has 2 heteroatoms. The number of rotatable bonds is 13. The smallest absolute Gasteiger partial charge is 0.0463 e. The van der Waals surface area contributed by atoms with Crippen LogP contribution in [0.25, 0.3) is 11.6 Å². The third kappa shape index (κ3) is 8.74. The first-order valence-corrected chi connectivity index (χ1v) is 20.7. The number of nitrogens with zero attached hydrogens (tertiary/aromatic N) is 2. The van der Waals surface area contributed by atoms with Gasteiger partial charge in [-0.25, -0.2) is 0 Å². The van der Waals surface area contributed by atoms with Crippen LogP contribution in [0.1, 0.15) is 39.3 Å². The molecule has 9 aromatic rings. The summed E-state index contributed by atoms with van der Waals surface area (Å²) < 4.78 is 0. The van der Waals surface area contributed by atoms with Gasteiger partial charge in [0.15, 0.2) is 0 Å². The highest BCUT2D eigenvalue weighted by molar-refractivity contribution is 5.92. The van der Waals surface area contributed by atoms with Crippen LogP contribution in [-0.2, 0) is 6.42 Å². The summed E-state index contributed by atoms with van der Waals surface area (Å²) in [6.45, 7) is 0. The molecule has 0 amide bonds. The summed E-state index contributed by atoms with van der Waals surface area (Å²) >= 11 is 0. The number of anilines is 6. The second kappa shape index (κ2) is 18.3. The highest BCUT2D eigenvalue weighted by Gasteiger charge is 2.19. The molecule has 0 bridgehead atoms. The maximum Gasteiger partial charge on any atom is 0.0463 e. The third-order valence-corrected chi connectivity index (χ3v) is 11.1. The van der Waals surface area contributed by atoms with Gasteiger partial charge >= 0.3 is 0 Å². The molecular weight excluding hydrogens is 725 g/mol. The molecule has 0 aromatic heterocycles. The zero-order chi connectivity index (χ0) is 40.4. The van der Waals surface area contributed by atoms with Gasteiger partial charge in [-0.05, 0) is 124 Å². The van der Waals surface area contributed by atoms with E-state index < -0.39 is 0 Å². The Hall–Kier alpha value is -7.68. The van der Waals surface area contributed by atoms with E-state index in [1.807, 2.05) is 0 Å². The summed E-state index contributed by atoms with van der Waals surface area (Å²) in [7, 11) is 0. The average molecular weight is 771 g/mol. The molecule has 0 spiro atoms. The summed E-state index contributed by atoms with van der Waals surface area (Å²) in [6, 6.07) is 91.2. The van der Waals surface area contributed by atoms with Gasteiger partial charge in [-0.1, -0.05) is 182 Å². The normalized spacial score (nSPS) is 11.8. The van der Waals surface area contributed by atoms with Gasteiger partial charge in [0.2, 0.25) is 0 Å². The van der Waals surface area contributed by atoms with Crippen molar-refractivity contribution >= 4 is 45.8 Å². The predicted molar refractivity (Wildman–Crippen MR) is 254 cm³/mol. The quantitative estimate of drug-likeness (QED) is 0.108. The van der Waals surface area contributed by atoms with Crippen LogP contribution in [0, 0.1) is 0 Å². The fraction of sp³-hybridized carbons (Fsp3) is 0.0345. The van der Waals surface area contributed by atoms with Crippen molar-refractivity contribution in [3.63, 3.8) is 0 Å². The van der Waals surface area contributed by atoms with Crippen LogP contribution in [0.3, 0.4) is 0 Å². The monoisotopic (exact) mass is 770 g/mol. The molecule has 1 unspecified atom stereocenters. The Morgan fingerprint density at radius 2 is 0.650 bits per heavy atom. The van der Waals surface area contributed by atoms with Gasteiger partial charge in [0, 0.05) is 40.0 Å². The number of hydrogen-bond donors (Lipinski definition) is 0. The minimum atomic E-state index is 0.226. The topological polar surface area (TPSA) is 6.48 Å². The van der Waals surface area contributed by atoms with E-state index in [0.29, 0.717) is 0 Å². The Labute approximate surface area is 354 Å². The molecule has 0 saturated heterocycles. The molecule has 0 N–H and O–H groups in total. The lowest BCUT2D eigenvalue weighted by molar-refractivity contribution is 0.805. The first-order chi connectivity index (χ1) is 29.8. The third-order valence-electron chi connectivity index (χ3n) is 11.1. The van der Waals surface area contributed by atoms with E-state index in [2.05, 4.69) is 271 Å². The van der Waals surface area contributed by atoms with Crippen molar-refractivity contribution < 1.29 is 0 Å². The summed E-state index contributed by atoms with van der Waals surface area (Å²) in [5, 5.41) is 0. The lowest BCUT2D eigenvalue weighted by Gasteiger charge is -2.29. The van der Waals surface area contributed by atoms with Gasteiger partial charge in [0.25, 0.3) is 0 Å². The first-order valence-electron chi connectivity index (χ1n) is 20.7. The highest BCUT2D eigenvalue weighted by atomic mass is 15.2. The Morgan fingerprint density at radius 1 is 0.317 bits per heavy atom. The largest absolute Gasteiger partial charge is 0.311 e. The molecule has 0 radical (unpaired) electrons. The summed E-state index contributed by atoms with van der Waals surface area (Å²) in [5.41, 5.74) is 15.2. The van der Waals surface area contributed by atoms with Crippen molar-refractivity contribution in [2.24, 2.45) is 0 Å². The summed E-state index contributed by atoms with van der Waals surface area (Å²) in [4.78, 5) is 4.67. The molecule has 288 valence electrons.